The lowest BCUT2D eigenvalue weighted by molar-refractivity contribution is -0.143. The van der Waals surface area contributed by atoms with Crippen LogP contribution in [0.5, 0.6) is 0 Å². The summed E-state index contributed by atoms with van der Waals surface area (Å²) in [7, 11) is 0. The number of aromatic nitrogens is 3. The van der Waals surface area contributed by atoms with Crippen LogP contribution in [-0.2, 0) is 16.1 Å². The Bertz CT molecular complexity index is 524. The van der Waals surface area contributed by atoms with Gasteiger partial charge in [0.1, 0.15) is 12.1 Å². The van der Waals surface area contributed by atoms with Crippen molar-refractivity contribution in [3.8, 4) is 0 Å². The molecule has 0 atom stereocenters. The fourth-order valence-electron chi connectivity index (χ4n) is 1.39. The second kappa shape index (κ2) is 4.61. The van der Waals surface area contributed by atoms with Crippen molar-refractivity contribution in [3.63, 3.8) is 0 Å². The number of rotatable bonds is 3. The molecule has 0 saturated heterocycles. The van der Waals surface area contributed by atoms with Gasteiger partial charge in [0.25, 0.3) is 0 Å². The summed E-state index contributed by atoms with van der Waals surface area (Å²) in [6, 6.07) is 1.87. The number of ether oxygens (including phenoxy) is 1. The molecule has 0 aliphatic carbocycles. The first kappa shape index (κ1) is 11.1. The number of hydrogen-bond donors (Lipinski definition) is 0. The number of carbonyl (C=O) groups is 1. The molecule has 0 spiro atoms. The van der Waals surface area contributed by atoms with E-state index in [4.69, 9.17) is 4.74 Å². The molecule has 0 N–H and O–H groups in total. The molecule has 2 aromatic heterocycles. The van der Waals surface area contributed by atoms with Crippen LogP contribution < -0.4 is 0 Å². The molecule has 0 fully saturated rings. The summed E-state index contributed by atoms with van der Waals surface area (Å²) in [4.78, 5) is 15.5. The van der Waals surface area contributed by atoms with E-state index in [0.717, 1.165) is 15.5 Å². The van der Waals surface area contributed by atoms with Crippen LogP contribution >= 0.6 is 15.9 Å². The van der Waals surface area contributed by atoms with Gasteiger partial charge in [0.05, 0.1) is 18.3 Å². The van der Waals surface area contributed by atoms with E-state index in [1.807, 2.05) is 6.07 Å². The van der Waals surface area contributed by atoms with Crippen LogP contribution in [0, 0.1) is 0 Å². The first-order valence-corrected chi connectivity index (χ1v) is 5.62. The van der Waals surface area contributed by atoms with Gasteiger partial charge in [0.2, 0.25) is 0 Å². The van der Waals surface area contributed by atoms with Gasteiger partial charge in [-0.3, -0.25) is 14.5 Å². The average Bonchev–Trinajstić information content (AvgIpc) is 2.61. The number of nitrogens with zero attached hydrogens (tertiary/aromatic N) is 3. The third kappa shape index (κ3) is 2.21. The van der Waals surface area contributed by atoms with Crippen molar-refractivity contribution in [2.45, 2.75) is 13.5 Å². The quantitative estimate of drug-likeness (QED) is 0.806. The number of pyridine rings is 1. The molecule has 84 valence electrons. The van der Waals surface area contributed by atoms with Gasteiger partial charge in [-0.05, 0) is 28.9 Å². The predicted molar refractivity (Wildman–Crippen MR) is 61.9 cm³/mol. The fraction of sp³-hybridized carbons (Fsp3) is 0.300. The van der Waals surface area contributed by atoms with Crippen molar-refractivity contribution in [1.82, 2.24) is 14.8 Å². The maximum atomic E-state index is 11.3. The minimum absolute atomic E-state index is 0.107. The van der Waals surface area contributed by atoms with Gasteiger partial charge in [0.15, 0.2) is 0 Å². The number of halogens is 1. The molecule has 2 aromatic rings. The van der Waals surface area contributed by atoms with E-state index < -0.39 is 0 Å². The third-order valence-corrected chi connectivity index (χ3v) is 2.48. The predicted octanol–water partition coefficient (Wildman–Crippen LogP) is 1.76. The van der Waals surface area contributed by atoms with E-state index >= 15 is 0 Å². The lowest BCUT2D eigenvalue weighted by Gasteiger charge is -2.03. The van der Waals surface area contributed by atoms with Crippen molar-refractivity contribution in [2.75, 3.05) is 6.61 Å². The Morgan fingerprint density at radius 3 is 3.12 bits per heavy atom. The Morgan fingerprint density at radius 1 is 1.56 bits per heavy atom. The summed E-state index contributed by atoms with van der Waals surface area (Å²) in [5.74, 6) is -0.299. The summed E-state index contributed by atoms with van der Waals surface area (Å²) in [6.45, 7) is 2.26. The molecule has 6 heteroatoms. The molecule has 0 unspecified atom stereocenters. The summed E-state index contributed by atoms with van der Waals surface area (Å²) in [6.07, 6.45) is 3.32. The van der Waals surface area contributed by atoms with Gasteiger partial charge in [0, 0.05) is 10.7 Å². The first-order chi connectivity index (χ1) is 7.70. The molecule has 0 aliphatic rings. The van der Waals surface area contributed by atoms with Crippen molar-refractivity contribution in [1.29, 1.82) is 0 Å². The van der Waals surface area contributed by atoms with Gasteiger partial charge >= 0.3 is 5.97 Å². The zero-order valence-corrected chi connectivity index (χ0v) is 10.3. The molecule has 2 heterocycles. The molecule has 0 aliphatic heterocycles. The van der Waals surface area contributed by atoms with Crippen molar-refractivity contribution in [2.24, 2.45) is 0 Å². The monoisotopic (exact) mass is 283 g/mol. The van der Waals surface area contributed by atoms with Crippen LogP contribution in [0.4, 0.5) is 0 Å². The standard InChI is InChI=1S/C10H10BrN3O2/c1-2-16-10(15)6-14-9-3-7(11)4-12-8(9)5-13-14/h3-5H,2,6H2,1H3. The van der Waals surface area contributed by atoms with Crippen LogP contribution in [-0.4, -0.2) is 27.3 Å². The van der Waals surface area contributed by atoms with E-state index in [-0.39, 0.29) is 12.5 Å². The number of hydrogen-bond acceptors (Lipinski definition) is 4. The molecule has 16 heavy (non-hydrogen) atoms. The highest BCUT2D eigenvalue weighted by Crippen LogP contribution is 2.16. The van der Waals surface area contributed by atoms with Crippen LogP contribution in [0.25, 0.3) is 11.0 Å². The zero-order valence-electron chi connectivity index (χ0n) is 8.68. The van der Waals surface area contributed by atoms with Gasteiger partial charge < -0.3 is 4.74 Å². The highest BCUT2D eigenvalue weighted by Gasteiger charge is 2.09. The Labute approximate surface area is 101 Å². The Balaban J connectivity index is 2.30. The number of carbonyl (C=O) groups excluding carboxylic acids is 1. The minimum Gasteiger partial charge on any atom is -0.465 e. The Morgan fingerprint density at radius 2 is 2.38 bits per heavy atom. The molecule has 0 amide bonds. The maximum absolute atomic E-state index is 11.3. The molecular formula is C10H10BrN3O2. The smallest absolute Gasteiger partial charge is 0.327 e. The van der Waals surface area contributed by atoms with Crippen molar-refractivity contribution in [3.05, 3.63) is 22.9 Å². The van der Waals surface area contributed by atoms with Crippen molar-refractivity contribution >= 4 is 32.9 Å². The summed E-state index contributed by atoms with van der Waals surface area (Å²) < 4.78 is 7.29. The number of fused-ring (bicyclic) bond motifs is 1. The summed E-state index contributed by atoms with van der Waals surface area (Å²) in [5.41, 5.74) is 1.56. The third-order valence-electron chi connectivity index (χ3n) is 2.05. The van der Waals surface area contributed by atoms with Crippen LogP contribution in [0.3, 0.4) is 0 Å². The topological polar surface area (TPSA) is 57.0 Å². The lowest BCUT2D eigenvalue weighted by atomic mass is 10.4. The molecule has 5 nitrogen and oxygen atoms in total. The molecular weight excluding hydrogens is 274 g/mol. The molecule has 2 rings (SSSR count). The van der Waals surface area contributed by atoms with Gasteiger partial charge in [-0.25, -0.2) is 0 Å². The summed E-state index contributed by atoms with van der Waals surface area (Å²) in [5, 5.41) is 4.09. The van der Waals surface area contributed by atoms with Crippen LogP contribution in [0.2, 0.25) is 0 Å². The van der Waals surface area contributed by atoms with Gasteiger partial charge in [-0.15, -0.1) is 0 Å². The van der Waals surface area contributed by atoms with Crippen molar-refractivity contribution < 1.29 is 9.53 Å². The van der Waals surface area contributed by atoms with E-state index in [9.17, 15) is 4.79 Å². The fourth-order valence-corrected chi connectivity index (χ4v) is 1.71. The summed E-state index contributed by atoms with van der Waals surface area (Å²) >= 11 is 3.33. The van der Waals surface area contributed by atoms with E-state index in [0.29, 0.717) is 6.61 Å². The molecule has 0 bridgehead atoms. The number of esters is 1. The Hall–Kier alpha value is -1.43. The van der Waals surface area contributed by atoms with Crippen LogP contribution in [0.1, 0.15) is 6.92 Å². The maximum Gasteiger partial charge on any atom is 0.327 e. The SMILES string of the molecule is CCOC(=O)Cn1ncc2ncc(Br)cc21. The second-order valence-electron chi connectivity index (χ2n) is 3.17. The van der Waals surface area contributed by atoms with E-state index in [1.165, 1.54) is 0 Å². The molecule has 0 saturated carbocycles. The highest BCUT2D eigenvalue weighted by molar-refractivity contribution is 9.10. The van der Waals surface area contributed by atoms with E-state index in [2.05, 4.69) is 26.0 Å². The minimum atomic E-state index is -0.299. The van der Waals surface area contributed by atoms with Gasteiger partial charge in [-0.2, -0.15) is 5.10 Å². The normalized spacial score (nSPS) is 10.6. The lowest BCUT2D eigenvalue weighted by Crippen LogP contribution is -2.14. The van der Waals surface area contributed by atoms with E-state index in [1.54, 1.807) is 24.0 Å². The highest BCUT2D eigenvalue weighted by atomic mass is 79.9. The first-order valence-electron chi connectivity index (χ1n) is 4.83. The second-order valence-corrected chi connectivity index (χ2v) is 4.08. The van der Waals surface area contributed by atoms with Crippen LogP contribution in [0.15, 0.2) is 22.9 Å². The zero-order chi connectivity index (χ0) is 11.5. The van der Waals surface area contributed by atoms with Gasteiger partial charge in [-0.1, -0.05) is 0 Å². The average molecular weight is 284 g/mol. The Kier molecular flexibility index (Phi) is 3.19. The molecule has 0 radical (unpaired) electrons. The largest absolute Gasteiger partial charge is 0.465 e. The molecule has 0 aromatic carbocycles.